The molecule has 0 saturated heterocycles. The second-order valence-corrected chi connectivity index (χ2v) is 8.35. The van der Waals surface area contributed by atoms with E-state index in [1.165, 1.54) is 7.11 Å². The summed E-state index contributed by atoms with van der Waals surface area (Å²) in [6.07, 6.45) is 5.31. The van der Waals surface area contributed by atoms with Crippen LogP contribution in [0.1, 0.15) is 25.6 Å². The van der Waals surface area contributed by atoms with Crippen molar-refractivity contribution in [1.29, 1.82) is 0 Å². The van der Waals surface area contributed by atoms with Crippen molar-refractivity contribution in [3.63, 3.8) is 0 Å². The van der Waals surface area contributed by atoms with Crippen LogP contribution in [0.4, 0.5) is 0 Å². The van der Waals surface area contributed by atoms with Crippen LogP contribution in [0.25, 0.3) is 38.8 Å². The molecule has 0 unspecified atom stereocenters. The van der Waals surface area contributed by atoms with E-state index in [1.54, 1.807) is 35.7 Å². The highest BCUT2D eigenvalue weighted by Gasteiger charge is 2.20. The van der Waals surface area contributed by atoms with E-state index in [2.05, 4.69) is 33.9 Å². The highest BCUT2D eigenvalue weighted by atomic mass is 16.5. The molecular formula is C24H25N7O3. The predicted octanol–water partition coefficient (Wildman–Crippen LogP) is 3.44. The van der Waals surface area contributed by atoms with Crippen molar-refractivity contribution in [1.82, 2.24) is 33.9 Å². The van der Waals surface area contributed by atoms with E-state index in [1.807, 2.05) is 36.0 Å². The summed E-state index contributed by atoms with van der Waals surface area (Å²) in [4.78, 5) is 26.5. The summed E-state index contributed by atoms with van der Waals surface area (Å²) < 4.78 is 15.8. The number of aryl methyl sites for hydroxylation is 2. The largest absolute Gasteiger partial charge is 0.480 e. The molecule has 34 heavy (non-hydrogen) atoms. The SMILES string of the molecule is COc1ncc(-c2ccc3ncc4c(c3c2)n(-c2cn(C(C)C)nc2C)c(=O)n4C)c(OC)n1. The van der Waals surface area contributed by atoms with Crippen molar-refractivity contribution in [3.05, 3.63) is 53.0 Å². The normalized spacial score (nSPS) is 11.6. The van der Waals surface area contributed by atoms with Gasteiger partial charge in [0, 0.05) is 30.9 Å². The molecule has 10 heteroatoms. The van der Waals surface area contributed by atoms with Gasteiger partial charge in [0.05, 0.1) is 53.9 Å². The number of ether oxygens (including phenoxy) is 2. The topological polar surface area (TPSA) is 102 Å². The van der Waals surface area contributed by atoms with E-state index in [4.69, 9.17) is 9.47 Å². The van der Waals surface area contributed by atoms with Gasteiger partial charge in [-0.05, 0) is 38.5 Å². The maximum Gasteiger partial charge on any atom is 0.333 e. The zero-order chi connectivity index (χ0) is 24.1. The Labute approximate surface area is 195 Å². The summed E-state index contributed by atoms with van der Waals surface area (Å²) in [5.41, 5.74) is 5.14. The molecule has 4 heterocycles. The molecule has 0 saturated carbocycles. The van der Waals surface area contributed by atoms with Crippen LogP contribution in [0.5, 0.6) is 11.9 Å². The van der Waals surface area contributed by atoms with Crippen molar-refractivity contribution >= 4 is 21.9 Å². The third kappa shape index (κ3) is 3.21. The van der Waals surface area contributed by atoms with Gasteiger partial charge in [0.25, 0.3) is 0 Å². The molecule has 10 nitrogen and oxygen atoms in total. The van der Waals surface area contributed by atoms with Crippen molar-refractivity contribution < 1.29 is 9.47 Å². The molecule has 0 amide bonds. The van der Waals surface area contributed by atoms with E-state index < -0.39 is 0 Å². The van der Waals surface area contributed by atoms with Crippen LogP contribution in [0, 0.1) is 6.92 Å². The minimum atomic E-state index is -0.161. The molecule has 0 bridgehead atoms. The molecule has 0 radical (unpaired) electrons. The van der Waals surface area contributed by atoms with E-state index in [-0.39, 0.29) is 17.7 Å². The van der Waals surface area contributed by atoms with Gasteiger partial charge in [0.1, 0.15) is 0 Å². The first-order valence-electron chi connectivity index (χ1n) is 10.9. The minimum Gasteiger partial charge on any atom is -0.480 e. The minimum absolute atomic E-state index is 0.161. The van der Waals surface area contributed by atoms with Crippen molar-refractivity contribution in [2.24, 2.45) is 7.05 Å². The molecule has 0 N–H and O–H groups in total. The zero-order valence-corrected chi connectivity index (χ0v) is 19.9. The van der Waals surface area contributed by atoms with Crippen LogP contribution in [0.2, 0.25) is 0 Å². The predicted molar refractivity (Wildman–Crippen MR) is 129 cm³/mol. The lowest BCUT2D eigenvalue weighted by atomic mass is 10.0. The molecule has 174 valence electrons. The van der Waals surface area contributed by atoms with Crippen LogP contribution >= 0.6 is 0 Å². The lowest BCUT2D eigenvalue weighted by Gasteiger charge is -2.10. The number of methoxy groups -OCH3 is 2. The summed E-state index contributed by atoms with van der Waals surface area (Å²) >= 11 is 0. The number of benzene rings is 1. The number of nitrogens with zero attached hydrogens (tertiary/aromatic N) is 7. The van der Waals surface area contributed by atoms with Crippen LogP contribution in [-0.4, -0.2) is 48.1 Å². The maximum absolute atomic E-state index is 13.4. The van der Waals surface area contributed by atoms with Gasteiger partial charge >= 0.3 is 11.7 Å². The third-order valence-electron chi connectivity index (χ3n) is 5.96. The molecule has 0 atom stereocenters. The molecule has 5 aromatic rings. The second kappa shape index (κ2) is 7.98. The number of pyridine rings is 1. The quantitative estimate of drug-likeness (QED) is 0.397. The van der Waals surface area contributed by atoms with E-state index in [0.717, 1.165) is 38.9 Å². The second-order valence-electron chi connectivity index (χ2n) is 8.35. The third-order valence-corrected chi connectivity index (χ3v) is 5.96. The Morgan fingerprint density at radius 2 is 1.85 bits per heavy atom. The molecule has 0 aliphatic heterocycles. The Bertz CT molecular complexity index is 1610. The Morgan fingerprint density at radius 1 is 1.06 bits per heavy atom. The van der Waals surface area contributed by atoms with Gasteiger partial charge in [0.15, 0.2) is 0 Å². The van der Waals surface area contributed by atoms with Crippen LogP contribution in [0.15, 0.2) is 41.6 Å². The highest BCUT2D eigenvalue weighted by Crippen LogP contribution is 2.33. The molecule has 4 aromatic heterocycles. The van der Waals surface area contributed by atoms with E-state index in [9.17, 15) is 4.79 Å². The summed E-state index contributed by atoms with van der Waals surface area (Å²) in [6.45, 7) is 6.02. The Balaban J connectivity index is 1.83. The molecule has 0 fully saturated rings. The highest BCUT2D eigenvalue weighted by molar-refractivity contribution is 6.04. The van der Waals surface area contributed by atoms with E-state index >= 15 is 0 Å². The van der Waals surface area contributed by atoms with Gasteiger partial charge in [-0.3, -0.25) is 18.8 Å². The van der Waals surface area contributed by atoms with E-state index in [0.29, 0.717) is 11.4 Å². The average Bonchev–Trinajstić information content (AvgIpc) is 3.35. The van der Waals surface area contributed by atoms with Gasteiger partial charge in [-0.25, -0.2) is 9.78 Å². The summed E-state index contributed by atoms with van der Waals surface area (Å²) in [7, 11) is 4.81. The summed E-state index contributed by atoms with van der Waals surface area (Å²) in [5.74, 6) is 0.394. The Kier molecular flexibility index (Phi) is 5.07. The first-order chi connectivity index (χ1) is 16.3. The molecule has 1 aromatic carbocycles. The Morgan fingerprint density at radius 3 is 2.53 bits per heavy atom. The number of hydrogen-bond donors (Lipinski definition) is 0. The molecule has 0 aliphatic rings. The lowest BCUT2D eigenvalue weighted by Crippen LogP contribution is -2.21. The fourth-order valence-corrected chi connectivity index (χ4v) is 4.15. The molecule has 0 spiro atoms. The fourth-order valence-electron chi connectivity index (χ4n) is 4.15. The standard InChI is InChI=1S/C24H25N7O3/c1-13(2)30-12-20(14(3)28-30)31-21-16-9-15(17-10-26-23(34-6)27-22(17)33-5)7-8-18(16)25-11-19(21)29(4)24(31)32/h7-13H,1-6H3. The van der Waals surface area contributed by atoms with Gasteiger partial charge in [-0.1, -0.05) is 6.07 Å². The maximum atomic E-state index is 13.4. The number of imidazole rings is 1. The lowest BCUT2D eigenvalue weighted by molar-refractivity contribution is 0.353. The van der Waals surface area contributed by atoms with Gasteiger partial charge in [0.2, 0.25) is 5.88 Å². The number of aromatic nitrogens is 7. The first-order valence-corrected chi connectivity index (χ1v) is 10.9. The fraction of sp³-hybridized carbons (Fsp3) is 0.292. The number of rotatable bonds is 5. The molecular weight excluding hydrogens is 434 g/mol. The monoisotopic (exact) mass is 459 g/mol. The zero-order valence-electron chi connectivity index (χ0n) is 19.9. The van der Waals surface area contributed by atoms with Crippen LogP contribution in [0.3, 0.4) is 0 Å². The van der Waals surface area contributed by atoms with Gasteiger partial charge in [-0.15, -0.1) is 0 Å². The molecule has 5 rings (SSSR count). The van der Waals surface area contributed by atoms with Crippen molar-refractivity contribution in [3.8, 4) is 28.7 Å². The van der Waals surface area contributed by atoms with Crippen LogP contribution < -0.4 is 15.2 Å². The number of hydrogen-bond acceptors (Lipinski definition) is 7. The van der Waals surface area contributed by atoms with Crippen LogP contribution in [-0.2, 0) is 7.05 Å². The van der Waals surface area contributed by atoms with Gasteiger partial charge < -0.3 is 9.47 Å². The number of fused-ring (bicyclic) bond motifs is 3. The average molecular weight is 460 g/mol. The summed E-state index contributed by atoms with van der Waals surface area (Å²) in [5, 5.41) is 5.44. The molecule has 0 aliphatic carbocycles. The summed E-state index contributed by atoms with van der Waals surface area (Å²) in [6, 6.07) is 6.23. The Hall–Kier alpha value is -4.21. The van der Waals surface area contributed by atoms with Gasteiger partial charge in [-0.2, -0.15) is 10.1 Å². The smallest absolute Gasteiger partial charge is 0.333 e. The van der Waals surface area contributed by atoms with Crippen molar-refractivity contribution in [2.75, 3.05) is 14.2 Å². The first kappa shape index (κ1) is 21.6. The van der Waals surface area contributed by atoms with Crippen molar-refractivity contribution in [2.45, 2.75) is 26.8 Å².